The molecule has 0 unspecified atom stereocenters. The van der Waals surface area contributed by atoms with Gasteiger partial charge in [0.1, 0.15) is 0 Å². The molecule has 0 atom stereocenters. The van der Waals surface area contributed by atoms with Gasteiger partial charge in [-0.25, -0.2) is 0 Å². The van der Waals surface area contributed by atoms with Crippen molar-refractivity contribution < 1.29 is 9.47 Å². The second-order valence-electron chi connectivity index (χ2n) is 1.56. The Bertz CT molecular complexity index is 127. The fourth-order valence-electron chi connectivity index (χ4n) is 0.550. The molecule has 0 aromatic heterocycles. The monoisotopic (exact) mass is 125 g/mol. The summed E-state index contributed by atoms with van der Waals surface area (Å²) in [6.45, 7) is 2.57. The van der Waals surface area contributed by atoms with Crippen molar-refractivity contribution >= 4 is 0 Å². The van der Waals surface area contributed by atoms with Gasteiger partial charge >= 0.3 is 6.29 Å². The molecule has 0 aromatic rings. The first-order chi connectivity index (χ1) is 4.43. The van der Waals surface area contributed by atoms with Gasteiger partial charge in [0.25, 0.3) is 0 Å². The molecule has 0 N–H and O–H groups in total. The molecule has 49 valence electrons. The minimum atomic E-state index is 0.569. The predicted octanol–water partition coefficient (Wildman–Crippen LogP) is 1.61. The molecule has 1 heterocycles. The molecule has 0 bridgehead atoms. The zero-order valence-corrected chi connectivity index (χ0v) is 5.33. The minimum absolute atomic E-state index is 0.569. The molecular formula is C7H9O2. The Labute approximate surface area is 54.8 Å². The standard InChI is InChI=1S/C7H9O2/c1-2-8-7-5-3-4-6-9-7/h3-6H,2H2,1H3. The van der Waals surface area contributed by atoms with E-state index in [0.29, 0.717) is 12.9 Å². The van der Waals surface area contributed by atoms with Crippen molar-refractivity contribution in [3.63, 3.8) is 0 Å². The molecule has 0 saturated carbocycles. The first-order valence-electron chi connectivity index (χ1n) is 2.93. The van der Waals surface area contributed by atoms with Crippen LogP contribution < -0.4 is 0 Å². The molecule has 1 rings (SSSR count). The smallest absolute Gasteiger partial charge is 0.300 e. The molecule has 1 aliphatic heterocycles. The maximum absolute atomic E-state index is 5.04. The highest BCUT2D eigenvalue weighted by Gasteiger charge is 2.05. The molecule has 2 nitrogen and oxygen atoms in total. The zero-order chi connectivity index (χ0) is 6.53. The lowest BCUT2D eigenvalue weighted by molar-refractivity contribution is 0.0265. The van der Waals surface area contributed by atoms with Crippen LogP contribution in [0.2, 0.25) is 0 Å². The molecule has 0 fully saturated rings. The first-order valence-corrected chi connectivity index (χ1v) is 2.93. The number of hydrogen-bond acceptors (Lipinski definition) is 2. The second kappa shape index (κ2) is 3.30. The fraction of sp³-hybridized carbons (Fsp3) is 0.286. The van der Waals surface area contributed by atoms with Crippen molar-refractivity contribution in [2.75, 3.05) is 6.61 Å². The van der Waals surface area contributed by atoms with Crippen LogP contribution in [0.4, 0.5) is 0 Å². The third-order valence-corrected chi connectivity index (χ3v) is 0.893. The van der Waals surface area contributed by atoms with Crippen LogP contribution in [0.5, 0.6) is 0 Å². The molecule has 0 spiro atoms. The number of allylic oxidation sites excluding steroid dienone is 2. The molecule has 0 aromatic carbocycles. The Kier molecular flexibility index (Phi) is 2.33. The Hall–Kier alpha value is -0.760. The van der Waals surface area contributed by atoms with Gasteiger partial charge in [-0.05, 0) is 19.1 Å². The van der Waals surface area contributed by atoms with Crippen LogP contribution in [-0.4, -0.2) is 6.61 Å². The number of ether oxygens (including phenoxy) is 2. The highest BCUT2D eigenvalue weighted by Crippen LogP contribution is 2.10. The van der Waals surface area contributed by atoms with E-state index in [-0.39, 0.29) is 0 Å². The summed E-state index contributed by atoms with van der Waals surface area (Å²) in [4.78, 5) is 0. The predicted molar refractivity (Wildman–Crippen MR) is 34.2 cm³/mol. The Balaban J connectivity index is 2.28. The lowest BCUT2D eigenvalue weighted by atomic mass is 10.4. The molecule has 1 aliphatic rings. The van der Waals surface area contributed by atoms with E-state index in [2.05, 4.69) is 0 Å². The largest absolute Gasteiger partial charge is 0.460 e. The van der Waals surface area contributed by atoms with Crippen molar-refractivity contribution in [1.29, 1.82) is 0 Å². The Morgan fingerprint density at radius 2 is 2.44 bits per heavy atom. The molecule has 0 amide bonds. The van der Waals surface area contributed by atoms with Gasteiger partial charge in [0.2, 0.25) is 0 Å². The van der Waals surface area contributed by atoms with Crippen molar-refractivity contribution in [3.05, 3.63) is 30.8 Å². The third-order valence-electron chi connectivity index (χ3n) is 0.893. The summed E-state index contributed by atoms with van der Waals surface area (Å²) in [5, 5.41) is 0. The minimum Gasteiger partial charge on any atom is -0.460 e. The van der Waals surface area contributed by atoms with Gasteiger partial charge in [0.05, 0.1) is 6.26 Å². The third kappa shape index (κ3) is 1.90. The van der Waals surface area contributed by atoms with Crippen LogP contribution >= 0.6 is 0 Å². The molecule has 0 aliphatic carbocycles. The summed E-state index contributed by atoms with van der Waals surface area (Å²) in [6, 6.07) is 0. The number of hydrogen-bond donors (Lipinski definition) is 0. The summed E-state index contributed by atoms with van der Waals surface area (Å²) < 4.78 is 9.98. The lowest BCUT2D eigenvalue weighted by Gasteiger charge is -2.10. The van der Waals surface area contributed by atoms with Gasteiger partial charge in [-0.3, -0.25) is 0 Å². The maximum Gasteiger partial charge on any atom is 0.300 e. The SMILES string of the molecule is CCO[C]1C=CC=CO1. The topological polar surface area (TPSA) is 18.5 Å². The quantitative estimate of drug-likeness (QED) is 0.558. The van der Waals surface area contributed by atoms with E-state index in [1.54, 1.807) is 12.3 Å². The van der Waals surface area contributed by atoms with E-state index in [0.717, 1.165) is 0 Å². The molecule has 9 heavy (non-hydrogen) atoms. The van der Waals surface area contributed by atoms with Gasteiger partial charge < -0.3 is 9.47 Å². The zero-order valence-electron chi connectivity index (χ0n) is 5.33. The number of rotatable bonds is 2. The van der Waals surface area contributed by atoms with Crippen molar-refractivity contribution in [1.82, 2.24) is 0 Å². The van der Waals surface area contributed by atoms with Crippen LogP contribution in [0, 0.1) is 6.29 Å². The summed E-state index contributed by atoms with van der Waals surface area (Å²) in [5.74, 6) is 0. The van der Waals surface area contributed by atoms with E-state index in [4.69, 9.17) is 9.47 Å². The van der Waals surface area contributed by atoms with Crippen molar-refractivity contribution in [2.24, 2.45) is 0 Å². The average molecular weight is 125 g/mol. The van der Waals surface area contributed by atoms with Gasteiger partial charge in [0, 0.05) is 6.61 Å². The maximum atomic E-state index is 5.04. The highest BCUT2D eigenvalue weighted by molar-refractivity contribution is 5.11. The van der Waals surface area contributed by atoms with Crippen molar-refractivity contribution in [2.45, 2.75) is 6.92 Å². The highest BCUT2D eigenvalue weighted by atomic mass is 16.7. The van der Waals surface area contributed by atoms with Gasteiger partial charge in [-0.15, -0.1) is 0 Å². The van der Waals surface area contributed by atoms with Gasteiger partial charge in [0.15, 0.2) is 0 Å². The fourth-order valence-corrected chi connectivity index (χ4v) is 0.550. The summed E-state index contributed by atoms with van der Waals surface area (Å²) >= 11 is 0. The Morgan fingerprint density at radius 3 is 3.00 bits per heavy atom. The first kappa shape index (κ1) is 6.36. The van der Waals surface area contributed by atoms with E-state index in [1.807, 2.05) is 19.1 Å². The normalized spacial score (nSPS) is 17.9. The van der Waals surface area contributed by atoms with Crippen LogP contribution in [-0.2, 0) is 9.47 Å². The molecular weight excluding hydrogens is 116 g/mol. The van der Waals surface area contributed by atoms with E-state index in [1.165, 1.54) is 0 Å². The molecule has 1 radical (unpaired) electrons. The van der Waals surface area contributed by atoms with E-state index < -0.39 is 0 Å². The second-order valence-corrected chi connectivity index (χ2v) is 1.56. The van der Waals surface area contributed by atoms with Gasteiger partial charge in [-0.2, -0.15) is 0 Å². The van der Waals surface area contributed by atoms with Crippen LogP contribution in [0.25, 0.3) is 0 Å². The van der Waals surface area contributed by atoms with Crippen LogP contribution in [0.1, 0.15) is 6.92 Å². The molecule has 0 saturated heterocycles. The van der Waals surface area contributed by atoms with Gasteiger partial charge in [-0.1, -0.05) is 6.08 Å². The van der Waals surface area contributed by atoms with Crippen molar-refractivity contribution in [3.8, 4) is 0 Å². The van der Waals surface area contributed by atoms with E-state index in [9.17, 15) is 0 Å². The Morgan fingerprint density at radius 1 is 1.56 bits per heavy atom. The van der Waals surface area contributed by atoms with E-state index >= 15 is 0 Å². The average Bonchev–Trinajstić information content (AvgIpc) is 1.91. The summed E-state index contributed by atoms with van der Waals surface area (Å²) in [6.07, 6.45) is 7.62. The summed E-state index contributed by atoms with van der Waals surface area (Å²) in [7, 11) is 0. The lowest BCUT2D eigenvalue weighted by Crippen LogP contribution is -2.02. The molecule has 2 heteroatoms. The van der Waals surface area contributed by atoms with Crippen LogP contribution in [0.15, 0.2) is 24.5 Å². The summed E-state index contributed by atoms with van der Waals surface area (Å²) in [5.41, 5.74) is 0. The van der Waals surface area contributed by atoms with Crippen LogP contribution in [0.3, 0.4) is 0 Å².